The Balaban J connectivity index is 1.90. The Morgan fingerprint density at radius 3 is 2.57 bits per heavy atom. The number of hydrogen-bond donors (Lipinski definition) is 0. The molecule has 1 aromatic carbocycles. The van der Waals surface area contributed by atoms with Crippen LogP contribution in [0.25, 0.3) is 0 Å². The van der Waals surface area contributed by atoms with Crippen molar-refractivity contribution >= 4 is 32.1 Å². The normalized spacial score (nSPS) is 27.6. The van der Waals surface area contributed by atoms with Crippen LogP contribution in [0.1, 0.15) is 39.7 Å². The molecule has 1 saturated carbocycles. The summed E-state index contributed by atoms with van der Waals surface area (Å²) in [6.45, 7) is 8.00. The van der Waals surface area contributed by atoms with Crippen molar-refractivity contribution in [2.45, 2.75) is 58.2 Å². The SMILES string of the molecule is B[C@H]1C[C@H](/C=C/C(=O)OCc2ccccc2)C(C)[C@@H]1OP(C)(=S)OC(C)(C)C. The Labute approximate surface area is 175 Å². The molecule has 0 radical (unpaired) electrons. The summed E-state index contributed by atoms with van der Waals surface area (Å²) < 4.78 is 17.6. The molecule has 0 heterocycles. The van der Waals surface area contributed by atoms with Gasteiger partial charge in [0.1, 0.15) is 14.5 Å². The first kappa shape index (κ1) is 23.3. The lowest BCUT2D eigenvalue weighted by atomic mass is 9.83. The second-order valence-electron chi connectivity index (χ2n) is 8.73. The van der Waals surface area contributed by atoms with E-state index in [2.05, 4.69) is 14.8 Å². The molecule has 0 amide bonds. The van der Waals surface area contributed by atoms with Gasteiger partial charge >= 0.3 is 5.97 Å². The summed E-state index contributed by atoms with van der Waals surface area (Å²) in [5.74, 6) is 0.563. The van der Waals surface area contributed by atoms with Crippen LogP contribution in [0.3, 0.4) is 0 Å². The molecule has 0 N–H and O–H groups in total. The van der Waals surface area contributed by atoms with Crippen molar-refractivity contribution in [1.29, 1.82) is 0 Å². The summed E-state index contributed by atoms with van der Waals surface area (Å²) in [5, 5.41) is 0. The molecule has 0 bridgehead atoms. The van der Waals surface area contributed by atoms with E-state index in [1.807, 2.05) is 63.8 Å². The molecule has 1 aliphatic rings. The van der Waals surface area contributed by atoms with E-state index in [0.717, 1.165) is 12.0 Å². The smallest absolute Gasteiger partial charge is 0.330 e. The number of esters is 1. The van der Waals surface area contributed by atoms with E-state index in [0.29, 0.717) is 5.82 Å². The van der Waals surface area contributed by atoms with E-state index < -0.39 is 6.49 Å². The van der Waals surface area contributed by atoms with Gasteiger partial charge in [-0.3, -0.25) is 0 Å². The van der Waals surface area contributed by atoms with Crippen LogP contribution in [0, 0.1) is 11.8 Å². The Morgan fingerprint density at radius 1 is 1.32 bits per heavy atom. The highest BCUT2D eigenvalue weighted by Gasteiger charge is 2.40. The number of ether oxygens (including phenoxy) is 1. The van der Waals surface area contributed by atoms with Crippen LogP contribution < -0.4 is 0 Å². The van der Waals surface area contributed by atoms with E-state index in [4.69, 9.17) is 25.6 Å². The topological polar surface area (TPSA) is 44.8 Å². The highest BCUT2D eigenvalue weighted by molar-refractivity contribution is 8.09. The van der Waals surface area contributed by atoms with Crippen molar-refractivity contribution in [2.24, 2.45) is 11.8 Å². The first-order chi connectivity index (χ1) is 13.0. The predicted octanol–water partition coefficient (Wildman–Crippen LogP) is 4.50. The molecule has 0 aliphatic heterocycles. The molecular formula is C21H32BO4PS. The monoisotopic (exact) mass is 422 g/mol. The van der Waals surface area contributed by atoms with Crippen molar-refractivity contribution in [1.82, 2.24) is 0 Å². The van der Waals surface area contributed by atoms with Gasteiger partial charge in [0.15, 0.2) is 6.49 Å². The molecule has 2 unspecified atom stereocenters. The molecule has 4 nitrogen and oxygen atoms in total. The van der Waals surface area contributed by atoms with Gasteiger partial charge in [0.05, 0.1) is 11.7 Å². The molecule has 0 aromatic heterocycles. The molecule has 2 rings (SSSR count). The molecular weight excluding hydrogens is 390 g/mol. The van der Waals surface area contributed by atoms with Gasteiger partial charge in [0.25, 0.3) is 0 Å². The van der Waals surface area contributed by atoms with Crippen LogP contribution in [0.2, 0.25) is 5.82 Å². The number of allylic oxidation sites excluding steroid dienone is 1. The number of rotatable bonds is 7. The van der Waals surface area contributed by atoms with Crippen LogP contribution >= 0.6 is 6.49 Å². The Kier molecular flexibility index (Phi) is 8.10. The average molecular weight is 422 g/mol. The molecule has 0 saturated heterocycles. The zero-order chi connectivity index (χ0) is 20.9. The maximum atomic E-state index is 12.1. The number of carbonyl (C=O) groups is 1. The first-order valence-corrected chi connectivity index (χ1v) is 12.9. The average Bonchev–Trinajstić information content (AvgIpc) is 2.84. The third kappa shape index (κ3) is 7.48. The number of benzene rings is 1. The third-order valence-corrected chi connectivity index (χ3v) is 6.84. The third-order valence-electron chi connectivity index (χ3n) is 4.85. The van der Waals surface area contributed by atoms with Gasteiger partial charge in [-0.05, 0) is 62.2 Å². The maximum Gasteiger partial charge on any atom is 0.330 e. The minimum absolute atomic E-state index is 0.0353. The second kappa shape index (κ2) is 9.71. The van der Waals surface area contributed by atoms with Gasteiger partial charge in [-0.1, -0.05) is 43.3 Å². The summed E-state index contributed by atoms with van der Waals surface area (Å²) in [7, 11) is 2.18. The van der Waals surface area contributed by atoms with E-state index in [9.17, 15) is 4.79 Å². The predicted molar refractivity (Wildman–Crippen MR) is 121 cm³/mol. The maximum absolute atomic E-state index is 12.1. The van der Waals surface area contributed by atoms with Gasteiger partial charge < -0.3 is 13.8 Å². The van der Waals surface area contributed by atoms with Crippen LogP contribution in [0.5, 0.6) is 0 Å². The molecule has 5 atom stereocenters. The van der Waals surface area contributed by atoms with E-state index >= 15 is 0 Å². The summed E-state index contributed by atoms with van der Waals surface area (Å²) in [6.07, 6.45) is 4.50. The van der Waals surface area contributed by atoms with E-state index in [1.165, 1.54) is 0 Å². The molecule has 1 aliphatic carbocycles. The lowest BCUT2D eigenvalue weighted by Gasteiger charge is -2.32. The highest BCUT2D eigenvalue weighted by Crippen LogP contribution is 2.54. The molecule has 28 heavy (non-hydrogen) atoms. The van der Waals surface area contributed by atoms with Crippen LogP contribution in [0.4, 0.5) is 0 Å². The van der Waals surface area contributed by atoms with Gasteiger partial charge in [-0.15, -0.1) is 0 Å². The summed E-state index contributed by atoms with van der Waals surface area (Å²) >= 11 is 5.63. The largest absolute Gasteiger partial charge is 0.458 e. The fourth-order valence-corrected chi connectivity index (χ4v) is 6.56. The van der Waals surface area contributed by atoms with Gasteiger partial charge in [0.2, 0.25) is 0 Å². The van der Waals surface area contributed by atoms with Crippen molar-refractivity contribution in [3.8, 4) is 0 Å². The Hall–Kier alpha value is -0.935. The van der Waals surface area contributed by atoms with Gasteiger partial charge in [-0.25, -0.2) is 4.79 Å². The van der Waals surface area contributed by atoms with Crippen molar-refractivity contribution < 1.29 is 18.6 Å². The molecule has 1 aromatic rings. The van der Waals surface area contributed by atoms with E-state index in [-0.39, 0.29) is 36.1 Å². The van der Waals surface area contributed by atoms with Crippen molar-refractivity contribution in [2.75, 3.05) is 6.66 Å². The van der Waals surface area contributed by atoms with E-state index in [1.54, 1.807) is 6.08 Å². The summed E-state index contributed by atoms with van der Waals surface area (Å²) in [4.78, 5) is 12.1. The van der Waals surface area contributed by atoms with Crippen molar-refractivity contribution in [3.05, 3.63) is 48.0 Å². The van der Waals surface area contributed by atoms with Crippen LogP contribution in [-0.2, 0) is 37.0 Å². The number of carbonyl (C=O) groups excluding carboxylic acids is 1. The minimum atomic E-state index is -2.33. The second-order valence-corrected chi connectivity index (χ2v) is 12.7. The first-order valence-electron chi connectivity index (χ1n) is 9.82. The molecule has 0 spiro atoms. The lowest BCUT2D eigenvalue weighted by Crippen LogP contribution is -2.24. The fourth-order valence-electron chi connectivity index (χ4n) is 3.71. The molecule has 1 fully saturated rings. The van der Waals surface area contributed by atoms with Crippen LogP contribution in [0.15, 0.2) is 42.5 Å². The molecule has 7 heteroatoms. The lowest BCUT2D eigenvalue weighted by molar-refractivity contribution is -0.139. The minimum Gasteiger partial charge on any atom is -0.458 e. The van der Waals surface area contributed by atoms with Gasteiger partial charge in [-0.2, -0.15) is 0 Å². The summed E-state index contributed by atoms with van der Waals surface area (Å²) in [6, 6.07) is 9.68. The Morgan fingerprint density at radius 2 is 1.96 bits per heavy atom. The quantitative estimate of drug-likeness (QED) is 0.280. The van der Waals surface area contributed by atoms with Gasteiger partial charge in [0, 0.05) is 12.7 Å². The standard InChI is InChI=1S/C21H32BO4PS/c1-15-17(11-12-19(23)24-14-16-9-7-6-8-10-16)13-18(22)20(15)25-27(5,28)26-21(2,3)4/h6-12,15,17-18,20H,13-14,22H2,1-5H3/b12-11+/t15?,17-,18-,20-,27?/m0/s1. The van der Waals surface area contributed by atoms with Crippen LogP contribution in [-0.4, -0.2) is 32.2 Å². The molecule has 154 valence electrons. The number of hydrogen-bond acceptors (Lipinski definition) is 5. The fraction of sp³-hybridized carbons (Fsp3) is 0.571. The Bertz CT molecular complexity index is 732. The van der Waals surface area contributed by atoms with Crippen molar-refractivity contribution in [3.63, 3.8) is 0 Å². The summed E-state index contributed by atoms with van der Waals surface area (Å²) in [5.41, 5.74) is 0.657. The zero-order valence-electron chi connectivity index (χ0n) is 17.8. The zero-order valence-corrected chi connectivity index (χ0v) is 19.5. The highest BCUT2D eigenvalue weighted by atomic mass is 32.5.